The van der Waals surface area contributed by atoms with Crippen LogP contribution >= 0.6 is 0 Å². The van der Waals surface area contributed by atoms with Gasteiger partial charge in [0.1, 0.15) is 17.5 Å². The molecule has 4 aromatic rings. The molecule has 1 saturated heterocycles. The minimum atomic E-state index is -0.611. The van der Waals surface area contributed by atoms with Crippen LogP contribution in [-0.4, -0.2) is 69.4 Å². The normalized spacial score (nSPS) is 16.6. The Labute approximate surface area is 260 Å². The van der Waals surface area contributed by atoms with Gasteiger partial charge >= 0.3 is 0 Å². The number of aromatic nitrogens is 4. The number of pyridine rings is 2. The maximum Gasteiger partial charge on any atom is 0.263 e. The molecule has 11 nitrogen and oxygen atoms in total. The van der Waals surface area contributed by atoms with Crippen LogP contribution in [-0.2, 0) is 27.8 Å². The number of ketones is 1. The molecule has 3 aromatic heterocycles. The zero-order valence-electron chi connectivity index (χ0n) is 25.8. The number of nitrogens with zero attached hydrogens (tertiary/aromatic N) is 5. The van der Waals surface area contributed by atoms with E-state index in [1.807, 2.05) is 37.3 Å². The number of Topliss-reactive ketones (excluding diaryl/α,β-unsaturated/α-hetero) is 1. The molecule has 1 fully saturated rings. The van der Waals surface area contributed by atoms with E-state index in [1.165, 1.54) is 16.8 Å². The second-order valence-corrected chi connectivity index (χ2v) is 11.1. The lowest BCUT2D eigenvalue weighted by Gasteiger charge is -2.17. The van der Waals surface area contributed by atoms with E-state index < -0.39 is 23.5 Å². The van der Waals surface area contributed by atoms with Gasteiger partial charge in [-0.25, -0.2) is 9.67 Å². The lowest BCUT2D eigenvalue weighted by Crippen LogP contribution is -2.32. The maximum absolute atomic E-state index is 14.0. The zero-order chi connectivity index (χ0) is 32.1. The molecule has 0 unspecified atom stereocenters. The number of amides is 1. The van der Waals surface area contributed by atoms with Crippen LogP contribution in [0.15, 0.2) is 65.7 Å². The number of halogens is 1. The number of methoxy groups -OCH3 is 1. The van der Waals surface area contributed by atoms with E-state index in [0.717, 1.165) is 11.3 Å². The predicted octanol–water partition coefficient (Wildman–Crippen LogP) is 3.58. The van der Waals surface area contributed by atoms with E-state index in [2.05, 4.69) is 10.3 Å². The molecule has 1 aliphatic heterocycles. The minimum Gasteiger partial charge on any atom is -0.383 e. The topological polar surface area (TPSA) is 121 Å². The van der Waals surface area contributed by atoms with Crippen molar-refractivity contribution in [3.05, 3.63) is 99.6 Å². The fraction of sp³-hybridized carbons (Fsp3) is 0.364. The summed E-state index contributed by atoms with van der Waals surface area (Å²) in [6.07, 6.45) is 2.79. The van der Waals surface area contributed by atoms with Gasteiger partial charge in [-0.05, 0) is 55.3 Å². The Bertz CT molecular complexity index is 1740. The van der Waals surface area contributed by atoms with Crippen LogP contribution < -0.4 is 10.9 Å². The fourth-order valence-electron chi connectivity index (χ4n) is 5.69. The molecule has 1 aromatic carbocycles. The van der Waals surface area contributed by atoms with Crippen molar-refractivity contribution in [1.29, 1.82) is 0 Å². The van der Waals surface area contributed by atoms with Gasteiger partial charge in [-0.2, -0.15) is 14.6 Å². The van der Waals surface area contributed by atoms with E-state index in [1.54, 1.807) is 49.2 Å². The van der Waals surface area contributed by atoms with Crippen LogP contribution in [0.5, 0.6) is 0 Å². The van der Waals surface area contributed by atoms with Crippen molar-refractivity contribution >= 4 is 11.7 Å². The molecule has 236 valence electrons. The quantitative estimate of drug-likeness (QED) is 0.240. The highest BCUT2D eigenvalue weighted by molar-refractivity contribution is 5.95. The van der Waals surface area contributed by atoms with E-state index in [0.29, 0.717) is 48.8 Å². The van der Waals surface area contributed by atoms with Crippen molar-refractivity contribution in [2.45, 2.75) is 32.8 Å². The molecule has 1 N–H and O–H groups in total. The largest absolute Gasteiger partial charge is 0.383 e. The van der Waals surface area contributed by atoms with Gasteiger partial charge in [0.25, 0.3) is 11.5 Å². The summed E-state index contributed by atoms with van der Waals surface area (Å²) in [5.41, 5.74) is 3.57. The summed E-state index contributed by atoms with van der Waals surface area (Å²) in [5.74, 6) is -1.34. The number of hydrogen-bond donors (Lipinski definition) is 1. The number of para-hydroxylation sites is 1. The van der Waals surface area contributed by atoms with Gasteiger partial charge in [0, 0.05) is 70.5 Å². The third-order valence-corrected chi connectivity index (χ3v) is 7.89. The Kier molecular flexibility index (Phi) is 9.96. The molecule has 1 aliphatic rings. The Morgan fingerprint density at radius 2 is 1.96 bits per heavy atom. The molecule has 0 saturated carbocycles. The summed E-state index contributed by atoms with van der Waals surface area (Å²) in [6, 6.07) is 14.1. The van der Waals surface area contributed by atoms with Crippen LogP contribution in [0.25, 0.3) is 16.9 Å². The molecule has 0 radical (unpaired) electrons. The zero-order valence-corrected chi connectivity index (χ0v) is 25.8. The third-order valence-electron chi connectivity index (χ3n) is 7.89. The molecule has 4 heterocycles. The molecule has 45 heavy (non-hydrogen) atoms. The van der Waals surface area contributed by atoms with E-state index in [-0.39, 0.29) is 30.1 Å². The number of nitrogens with one attached hydrogen (secondary N) is 1. The number of benzene rings is 1. The fourth-order valence-corrected chi connectivity index (χ4v) is 5.69. The maximum atomic E-state index is 14.0. The first kappa shape index (κ1) is 31.9. The van der Waals surface area contributed by atoms with Crippen molar-refractivity contribution < 1.29 is 23.6 Å². The van der Waals surface area contributed by atoms with Gasteiger partial charge in [-0.3, -0.25) is 19.2 Å². The van der Waals surface area contributed by atoms with Crippen molar-refractivity contribution in [3.8, 4) is 16.9 Å². The second kappa shape index (κ2) is 14.1. The minimum absolute atomic E-state index is 0.0148. The number of hydrogen-bond acceptors (Lipinski definition) is 8. The van der Waals surface area contributed by atoms with Crippen molar-refractivity contribution in [2.24, 2.45) is 13.0 Å². The summed E-state index contributed by atoms with van der Waals surface area (Å²) in [5, 5.41) is 9.34. The second-order valence-electron chi connectivity index (χ2n) is 11.1. The molecule has 12 heteroatoms. The smallest absolute Gasteiger partial charge is 0.263 e. The lowest BCUT2D eigenvalue weighted by molar-refractivity contribution is -0.155. The van der Waals surface area contributed by atoms with Gasteiger partial charge in [0.05, 0.1) is 23.7 Å². The van der Waals surface area contributed by atoms with E-state index in [4.69, 9.17) is 14.7 Å². The average Bonchev–Trinajstić information content (AvgIpc) is 3.58. The Morgan fingerprint density at radius 3 is 2.67 bits per heavy atom. The van der Waals surface area contributed by atoms with E-state index in [9.17, 15) is 18.8 Å². The van der Waals surface area contributed by atoms with Gasteiger partial charge in [0.15, 0.2) is 0 Å². The number of carbonyl (C=O) groups excluding carboxylic acids is 2. The molecule has 0 spiro atoms. The molecule has 2 atom stereocenters. The summed E-state index contributed by atoms with van der Waals surface area (Å²) in [7, 11) is 3.20. The van der Waals surface area contributed by atoms with Crippen LogP contribution in [0.1, 0.15) is 46.6 Å². The average molecular weight is 617 g/mol. The highest BCUT2D eigenvalue weighted by Gasteiger charge is 2.37. The first-order valence-corrected chi connectivity index (χ1v) is 14.9. The van der Waals surface area contributed by atoms with Crippen LogP contribution in [0.3, 0.4) is 0 Å². The summed E-state index contributed by atoms with van der Waals surface area (Å²) in [6.45, 7) is 5.48. The number of ether oxygens (including phenoxy) is 1. The SMILES string of the molecule is CCNC(=O)c1cc(-c2nn(-c3ccccc3)c(CC(=O)C[C@@H]3CN(CCOC)O[C@H]3c3ccnc(F)c3)c2C)cn(C)c1=O. The first-order chi connectivity index (χ1) is 21.7. The van der Waals surface area contributed by atoms with Crippen LogP contribution in [0.2, 0.25) is 0 Å². The Morgan fingerprint density at radius 1 is 1.18 bits per heavy atom. The monoisotopic (exact) mass is 616 g/mol. The van der Waals surface area contributed by atoms with Gasteiger partial charge in [-0.1, -0.05) is 18.2 Å². The number of aryl methyl sites for hydroxylation is 1. The molecule has 1 amide bonds. The summed E-state index contributed by atoms with van der Waals surface area (Å²) in [4.78, 5) is 49.1. The Hall–Kier alpha value is -4.52. The summed E-state index contributed by atoms with van der Waals surface area (Å²) >= 11 is 0. The summed E-state index contributed by atoms with van der Waals surface area (Å²) < 4.78 is 22.3. The highest BCUT2D eigenvalue weighted by atomic mass is 19.1. The van der Waals surface area contributed by atoms with Gasteiger partial charge in [-0.15, -0.1) is 0 Å². The van der Waals surface area contributed by atoms with Crippen LogP contribution in [0, 0.1) is 18.8 Å². The van der Waals surface area contributed by atoms with Crippen LogP contribution in [0.4, 0.5) is 4.39 Å². The standard InChI is InChI=1S/C33H37FN6O5/c1-5-35-32(42)27-16-23(19-38(3)33(27)43)30-21(2)28(40(37-30)25-9-7-6-8-10-25)18-26(41)15-24-20-39(13-14-44-4)45-31(24)22-11-12-36-29(34)17-22/h6-12,16-17,19,24,31H,5,13-15,18,20H2,1-4H3,(H,35,42)/t24-,31+/m1/s1. The predicted molar refractivity (Wildman–Crippen MR) is 165 cm³/mol. The molecule has 0 bridgehead atoms. The number of carbonyl (C=O) groups is 2. The van der Waals surface area contributed by atoms with Gasteiger partial charge < -0.3 is 14.6 Å². The first-order valence-electron chi connectivity index (χ1n) is 14.9. The lowest BCUT2D eigenvalue weighted by atomic mass is 9.91. The molecular formula is C33H37FN6O5. The number of rotatable bonds is 12. The Balaban J connectivity index is 1.48. The highest BCUT2D eigenvalue weighted by Crippen LogP contribution is 2.37. The van der Waals surface area contributed by atoms with Gasteiger partial charge in [0.2, 0.25) is 5.95 Å². The van der Waals surface area contributed by atoms with Crippen molar-refractivity contribution in [3.63, 3.8) is 0 Å². The molecule has 0 aliphatic carbocycles. The molecular weight excluding hydrogens is 579 g/mol. The third kappa shape index (κ3) is 7.08. The molecule has 5 rings (SSSR count). The van der Waals surface area contributed by atoms with E-state index >= 15 is 0 Å². The van der Waals surface area contributed by atoms with Crippen molar-refractivity contribution in [1.82, 2.24) is 29.7 Å². The van der Waals surface area contributed by atoms with Crippen molar-refractivity contribution in [2.75, 3.05) is 33.4 Å². The number of hydroxylamine groups is 2.